The maximum Gasteiger partial charge on any atom is 0.00953 e. The molecule has 1 saturated carbocycles. The maximum atomic E-state index is 3.77. The van der Waals surface area contributed by atoms with E-state index in [2.05, 4.69) is 50.4 Å². The van der Waals surface area contributed by atoms with E-state index < -0.39 is 0 Å². The molecule has 0 aromatic heterocycles. The molecule has 1 N–H and O–H groups in total. The summed E-state index contributed by atoms with van der Waals surface area (Å²) in [6.07, 6.45) is 5.31. The zero-order valence-corrected chi connectivity index (χ0v) is 12.1. The van der Waals surface area contributed by atoms with Crippen LogP contribution in [0.2, 0.25) is 0 Å². The van der Waals surface area contributed by atoms with Gasteiger partial charge < -0.3 is 5.32 Å². The second kappa shape index (κ2) is 6.38. The number of hydrogen-bond donors (Lipinski definition) is 1. The monoisotopic (exact) mass is 245 g/mol. The van der Waals surface area contributed by atoms with Crippen molar-refractivity contribution < 1.29 is 0 Å². The van der Waals surface area contributed by atoms with Crippen molar-refractivity contribution in [3.05, 3.63) is 35.4 Å². The zero-order chi connectivity index (χ0) is 13.0. The van der Waals surface area contributed by atoms with E-state index in [-0.39, 0.29) is 0 Å². The average molecular weight is 245 g/mol. The maximum absolute atomic E-state index is 3.77. The van der Waals surface area contributed by atoms with Crippen LogP contribution < -0.4 is 5.32 Å². The Labute approximate surface area is 112 Å². The van der Waals surface area contributed by atoms with Gasteiger partial charge in [-0.2, -0.15) is 0 Å². The first kappa shape index (κ1) is 13.6. The Kier molecular flexibility index (Phi) is 4.82. The molecule has 0 radical (unpaired) electrons. The van der Waals surface area contributed by atoms with Crippen LogP contribution in [0.5, 0.6) is 0 Å². The third-order valence-electron chi connectivity index (χ3n) is 4.36. The quantitative estimate of drug-likeness (QED) is 0.847. The average Bonchev–Trinajstić information content (AvgIpc) is 2.34. The number of benzene rings is 1. The summed E-state index contributed by atoms with van der Waals surface area (Å²) in [6.45, 7) is 8.07. The lowest BCUT2D eigenvalue weighted by Gasteiger charge is -2.33. The van der Waals surface area contributed by atoms with Gasteiger partial charge in [0.15, 0.2) is 0 Å². The van der Waals surface area contributed by atoms with Crippen molar-refractivity contribution in [1.29, 1.82) is 0 Å². The van der Waals surface area contributed by atoms with E-state index in [0.717, 1.165) is 30.8 Å². The van der Waals surface area contributed by atoms with Crippen LogP contribution in [0.1, 0.15) is 44.2 Å². The molecule has 1 aromatic rings. The van der Waals surface area contributed by atoms with Gasteiger partial charge in [-0.15, -0.1) is 0 Å². The summed E-state index contributed by atoms with van der Waals surface area (Å²) in [5.74, 6) is 1.75. The second-order valence-corrected chi connectivity index (χ2v) is 6.20. The van der Waals surface area contributed by atoms with Crippen molar-refractivity contribution >= 4 is 0 Å². The minimum absolute atomic E-state index is 0.735. The molecule has 0 aliphatic heterocycles. The van der Waals surface area contributed by atoms with E-state index in [4.69, 9.17) is 0 Å². The molecule has 1 aromatic carbocycles. The van der Waals surface area contributed by atoms with Crippen molar-refractivity contribution in [1.82, 2.24) is 5.32 Å². The van der Waals surface area contributed by atoms with Gasteiger partial charge in [-0.3, -0.25) is 0 Å². The van der Waals surface area contributed by atoms with Crippen LogP contribution >= 0.6 is 0 Å². The number of nitrogens with one attached hydrogen (secondary N) is 1. The molecule has 1 aliphatic carbocycles. The van der Waals surface area contributed by atoms with Gasteiger partial charge >= 0.3 is 0 Å². The predicted molar refractivity (Wildman–Crippen MR) is 78.9 cm³/mol. The molecule has 3 atom stereocenters. The highest BCUT2D eigenvalue weighted by molar-refractivity contribution is 5.22. The first-order chi connectivity index (χ1) is 8.65. The topological polar surface area (TPSA) is 12.0 Å². The molecule has 1 heteroatoms. The molecule has 1 aliphatic rings. The van der Waals surface area contributed by atoms with Crippen molar-refractivity contribution in [2.75, 3.05) is 6.54 Å². The molecule has 0 bridgehead atoms. The molecule has 3 unspecified atom stereocenters. The fourth-order valence-electron chi connectivity index (χ4n) is 3.09. The summed E-state index contributed by atoms with van der Waals surface area (Å²) >= 11 is 0. The van der Waals surface area contributed by atoms with Crippen LogP contribution in [0, 0.1) is 18.8 Å². The lowest BCUT2D eigenvalue weighted by atomic mass is 9.80. The molecule has 2 rings (SSSR count). The Morgan fingerprint density at radius 2 is 2.06 bits per heavy atom. The van der Waals surface area contributed by atoms with Gasteiger partial charge in [0.25, 0.3) is 0 Å². The van der Waals surface area contributed by atoms with Crippen LogP contribution in [-0.4, -0.2) is 12.6 Å². The molecule has 18 heavy (non-hydrogen) atoms. The Bertz CT molecular complexity index is 372. The largest absolute Gasteiger partial charge is 0.313 e. The number of aryl methyl sites for hydroxylation is 1. The summed E-state index contributed by atoms with van der Waals surface area (Å²) in [5.41, 5.74) is 2.83. The number of rotatable bonds is 4. The Hall–Kier alpha value is -0.820. The first-order valence-corrected chi connectivity index (χ1v) is 7.44. The summed E-state index contributed by atoms with van der Waals surface area (Å²) in [5, 5.41) is 3.77. The SMILES string of the molecule is Cc1cccc(CCNC2CC(C)CCC2C)c1. The van der Waals surface area contributed by atoms with E-state index >= 15 is 0 Å². The van der Waals surface area contributed by atoms with Crippen LogP contribution in [0.15, 0.2) is 24.3 Å². The second-order valence-electron chi connectivity index (χ2n) is 6.20. The van der Waals surface area contributed by atoms with Gasteiger partial charge in [0.05, 0.1) is 0 Å². The third kappa shape index (κ3) is 3.84. The lowest BCUT2D eigenvalue weighted by molar-refractivity contribution is 0.230. The highest BCUT2D eigenvalue weighted by atomic mass is 14.9. The normalized spacial score (nSPS) is 28.3. The number of hydrogen-bond acceptors (Lipinski definition) is 1. The zero-order valence-electron chi connectivity index (χ0n) is 12.1. The van der Waals surface area contributed by atoms with Crippen molar-refractivity contribution in [2.24, 2.45) is 11.8 Å². The predicted octanol–water partition coefficient (Wildman–Crippen LogP) is 3.95. The van der Waals surface area contributed by atoms with E-state index in [1.807, 2.05) is 0 Å². The van der Waals surface area contributed by atoms with E-state index in [1.165, 1.54) is 30.4 Å². The smallest absolute Gasteiger partial charge is 0.00953 e. The fourth-order valence-corrected chi connectivity index (χ4v) is 3.09. The highest BCUT2D eigenvalue weighted by Gasteiger charge is 2.24. The van der Waals surface area contributed by atoms with Crippen LogP contribution in [0.3, 0.4) is 0 Å². The van der Waals surface area contributed by atoms with Crippen LogP contribution in [-0.2, 0) is 6.42 Å². The first-order valence-electron chi connectivity index (χ1n) is 7.44. The van der Waals surface area contributed by atoms with Crippen LogP contribution in [0.4, 0.5) is 0 Å². The molecule has 0 heterocycles. The molecule has 0 spiro atoms. The Balaban J connectivity index is 1.77. The highest BCUT2D eigenvalue weighted by Crippen LogP contribution is 2.28. The van der Waals surface area contributed by atoms with Crippen molar-refractivity contribution in [2.45, 2.75) is 52.5 Å². The van der Waals surface area contributed by atoms with Gasteiger partial charge in [-0.25, -0.2) is 0 Å². The van der Waals surface area contributed by atoms with E-state index in [0.29, 0.717) is 0 Å². The molecule has 100 valence electrons. The van der Waals surface area contributed by atoms with Crippen molar-refractivity contribution in [3.63, 3.8) is 0 Å². The summed E-state index contributed by atoms with van der Waals surface area (Å²) < 4.78 is 0. The Morgan fingerprint density at radius 1 is 1.22 bits per heavy atom. The van der Waals surface area contributed by atoms with Gasteiger partial charge in [0.1, 0.15) is 0 Å². The van der Waals surface area contributed by atoms with E-state index in [9.17, 15) is 0 Å². The van der Waals surface area contributed by atoms with Crippen LogP contribution in [0.25, 0.3) is 0 Å². The molecule has 1 fully saturated rings. The van der Waals surface area contributed by atoms with Gasteiger partial charge in [-0.05, 0) is 50.1 Å². The fraction of sp³-hybridized carbons (Fsp3) is 0.647. The minimum Gasteiger partial charge on any atom is -0.313 e. The molecule has 0 amide bonds. The summed E-state index contributed by atoms with van der Waals surface area (Å²) in [7, 11) is 0. The molecule has 1 nitrogen and oxygen atoms in total. The van der Waals surface area contributed by atoms with Gasteiger partial charge in [0.2, 0.25) is 0 Å². The Morgan fingerprint density at radius 3 is 2.83 bits per heavy atom. The molecule has 0 saturated heterocycles. The van der Waals surface area contributed by atoms with E-state index in [1.54, 1.807) is 0 Å². The summed E-state index contributed by atoms with van der Waals surface area (Å²) in [6, 6.07) is 9.60. The third-order valence-corrected chi connectivity index (χ3v) is 4.36. The standard InChI is InChI=1S/C17H27N/c1-13-5-4-6-16(11-13)9-10-18-17-12-14(2)7-8-15(17)3/h4-6,11,14-15,17-18H,7-10,12H2,1-3H3. The van der Waals surface area contributed by atoms with Gasteiger partial charge in [0, 0.05) is 6.04 Å². The molecular weight excluding hydrogens is 218 g/mol. The molecular formula is C17H27N. The minimum atomic E-state index is 0.735. The van der Waals surface area contributed by atoms with Gasteiger partial charge in [-0.1, -0.05) is 50.1 Å². The lowest BCUT2D eigenvalue weighted by Crippen LogP contribution is -2.40. The van der Waals surface area contributed by atoms with Crippen molar-refractivity contribution in [3.8, 4) is 0 Å². The summed E-state index contributed by atoms with van der Waals surface area (Å²) in [4.78, 5) is 0.